The molecule has 0 aromatic carbocycles. The van der Waals surface area contributed by atoms with Gasteiger partial charge in [-0.15, -0.1) is 0 Å². The van der Waals surface area contributed by atoms with Gasteiger partial charge in [0, 0.05) is 32.1 Å². The van der Waals surface area contributed by atoms with Crippen LogP contribution in [0.25, 0.3) is 0 Å². The summed E-state index contributed by atoms with van der Waals surface area (Å²) in [7, 11) is -2.88. The summed E-state index contributed by atoms with van der Waals surface area (Å²) in [6.07, 6.45) is 4.06. The van der Waals surface area contributed by atoms with E-state index in [0.29, 0.717) is 6.54 Å². The molecule has 94 valence electrons. The molecule has 2 heterocycles. The van der Waals surface area contributed by atoms with Crippen molar-refractivity contribution in [2.45, 2.75) is 19.9 Å². The van der Waals surface area contributed by atoms with Gasteiger partial charge in [-0.05, 0) is 18.9 Å². The van der Waals surface area contributed by atoms with E-state index in [9.17, 15) is 8.42 Å². The second-order valence-corrected chi connectivity index (χ2v) is 6.80. The monoisotopic (exact) mass is 255 g/mol. The summed E-state index contributed by atoms with van der Waals surface area (Å²) in [6, 6.07) is 0. The number of aromatic nitrogens is 2. The van der Waals surface area contributed by atoms with Crippen LogP contribution in [-0.4, -0.2) is 48.4 Å². The maximum Gasteiger partial charge on any atom is 0.148 e. The molecule has 5 nitrogen and oxygen atoms in total. The Morgan fingerprint density at radius 1 is 1.47 bits per heavy atom. The third-order valence-corrected chi connectivity index (χ3v) is 3.85. The zero-order chi connectivity index (χ0) is 12.5. The van der Waals surface area contributed by atoms with Crippen molar-refractivity contribution in [1.29, 1.82) is 0 Å². The van der Waals surface area contributed by atoms with Gasteiger partial charge in [-0.1, -0.05) is 0 Å². The predicted octanol–water partition coefficient (Wildman–Crippen LogP) is 0.188. The molecule has 17 heavy (non-hydrogen) atoms. The third-order valence-electron chi connectivity index (χ3n) is 2.92. The van der Waals surface area contributed by atoms with Crippen molar-refractivity contribution in [2.24, 2.45) is 0 Å². The van der Waals surface area contributed by atoms with Crippen molar-refractivity contribution in [2.75, 3.05) is 25.1 Å². The Morgan fingerprint density at radius 3 is 2.94 bits per heavy atom. The summed E-state index contributed by atoms with van der Waals surface area (Å²) >= 11 is 0. The van der Waals surface area contributed by atoms with Crippen LogP contribution in [0.1, 0.15) is 17.1 Å². The van der Waals surface area contributed by atoms with E-state index < -0.39 is 9.84 Å². The molecule has 1 aromatic rings. The first-order valence-electron chi connectivity index (χ1n) is 5.65. The van der Waals surface area contributed by atoms with Crippen LogP contribution in [0.3, 0.4) is 0 Å². The van der Waals surface area contributed by atoms with Crippen LogP contribution in [0, 0.1) is 6.92 Å². The Labute approximate surface area is 102 Å². The second-order valence-electron chi connectivity index (χ2n) is 4.55. The number of fused-ring (bicyclic) bond motifs is 1. The van der Waals surface area contributed by atoms with Crippen LogP contribution in [-0.2, 0) is 22.8 Å². The largest absolute Gasteiger partial charge is 0.296 e. The normalized spacial score (nSPS) is 16.8. The maximum atomic E-state index is 11.1. The van der Waals surface area contributed by atoms with Gasteiger partial charge in [-0.25, -0.2) is 18.4 Å². The molecule has 0 aliphatic carbocycles. The number of sulfone groups is 1. The number of hydrogen-bond donors (Lipinski definition) is 0. The second kappa shape index (κ2) is 4.70. The molecule has 2 rings (SSSR count). The van der Waals surface area contributed by atoms with Gasteiger partial charge in [0.15, 0.2) is 0 Å². The molecule has 0 radical (unpaired) electrons. The topological polar surface area (TPSA) is 63.2 Å². The lowest BCUT2D eigenvalue weighted by molar-refractivity contribution is 0.264. The van der Waals surface area contributed by atoms with Crippen LogP contribution in [0.15, 0.2) is 6.20 Å². The van der Waals surface area contributed by atoms with Crippen molar-refractivity contribution in [1.82, 2.24) is 14.9 Å². The van der Waals surface area contributed by atoms with Gasteiger partial charge in [0.2, 0.25) is 0 Å². The number of hydrogen-bond acceptors (Lipinski definition) is 5. The van der Waals surface area contributed by atoms with E-state index in [1.807, 2.05) is 13.1 Å². The minimum atomic E-state index is -2.88. The zero-order valence-corrected chi connectivity index (χ0v) is 11.0. The van der Waals surface area contributed by atoms with E-state index in [4.69, 9.17) is 0 Å². The standard InChI is InChI=1S/C11H17N3O2S/c1-9-12-7-10-3-4-14(8-11(10)13-9)5-6-17(2,15)16/h7H,3-6,8H2,1-2H3. The van der Waals surface area contributed by atoms with Gasteiger partial charge in [0.05, 0.1) is 11.4 Å². The number of rotatable bonds is 3. The Bertz CT molecular complexity index is 513. The molecule has 0 saturated heterocycles. The fourth-order valence-electron chi connectivity index (χ4n) is 1.94. The molecule has 0 N–H and O–H groups in total. The summed E-state index contributed by atoms with van der Waals surface area (Å²) in [5.74, 6) is 0.987. The third kappa shape index (κ3) is 3.47. The lowest BCUT2D eigenvalue weighted by Crippen LogP contribution is -2.35. The molecule has 0 saturated carbocycles. The summed E-state index contributed by atoms with van der Waals surface area (Å²) in [6.45, 7) is 4.07. The maximum absolute atomic E-state index is 11.1. The van der Waals surface area contributed by atoms with E-state index in [1.165, 1.54) is 11.8 Å². The molecule has 1 aliphatic heterocycles. The molecule has 0 bridgehead atoms. The summed E-state index contributed by atoms with van der Waals surface area (Å²) < 4.78 is 22.2. The summed E-state index contributed by atoms with van der Waals surface area (Å²) in [5, 5.41) is 0. The van der Waals surface area contributed by atoms with Crippen LogP contribution in [0.2, 0.25) is 0 Å². The van der Waals surface area contributed by atoms with Gasteiger partial charge < -0.3 is 0 Å². The van der Waals surface area contributed by atoms with Gasteiger partial charge in [0.25, 0.3) is 0 Å². The molecule has 0 atom stereocenters. The van der Waals surface area contributed by atoms with Crippen LogP contribution >= 0.6 is 0 Å². The van der Waals surface area contributed by atoms with Crippen molar-refractivity contribution >= 4 is 9.84 Å². The minimum absolute atomic E-state index is 0.215. The quantitative estimate of drug-likeness (QED) is 0.771. The highest BCUT2D eigenvalue weighted by Gasteiger charge is 2.18. The smallest absolute Gasteiger partial charge is 0.148 e. The van der Waals surface area contributed by atoms with Crippen molar-refractivity contribution in [3.05, 3.63) is 23.3 Å². The highest BCUT2D eigenvalue weighted by atomic mass is 32.2. The van der Waals surface area contributed by atoms with Crippen molar-refractivity contribution < 1.29 is 8.42 Å². The summed E-state index contributed by atoms with van der Waals surface area (Å²) in [5.41, 5.74) is 2.23. The van der Waals surface area contributed by atoms with E-state index in [-0.39, 0.29) is 5.75 Å². The molecule has 0 fully saturated rings. The Morgan fingerprint density at radius 2 is 2.24 bits per heavy atom. The van der Waals surface area contributed by atoms with E-state index in [2.05, 4.69) is 14.9 Å². The van der Waals surface area contributed by atoms with Crippen molar-refractivity contribution in [3.8, 4) is 0 Å². The van der Waals surface area contributed by atoms with Gasteiger partial charge in [-0.2, -0.15) is 0 Å². The highest BCUT2D eigenvalue weighted by Crippen LogP contribution is 2.15. The van der Waals surface area contributed by atoms with Gasteiger partial charge in [0.1, 0.15) is 15.7 Å². The van der Waals surface area contributed by atoms with E-state index >= 15 is 0 Å². The molecule has 0 spiro atoms. The van der Waals surface area contributed by atoms with Gasteiger partial charge >= 0.3 is 0 Å². The first kappa shape index (κ1) is 12.4. The Kier molecular flexibility index (Phi) is 3.44. The lowest BCUT2D eigenvalue weighted by atomic mass is 10.1. The predicted molar refractivity (Wildman–Crippen MR) is 65.5 cm³/mol. The van der Waals surface area contributed by atoms with Crippen LogP contribution in [0.5, 0.6) is 0 Å². The molecule has 6 heteroatoms. The van der Waals surface area contributed by atoms with Crippen LogP contribution in [0.4, 0.5) is 0 Å². The zero-order valence-electron chi connectivity index (χ0n) is 10.2. The van der Waals surface area contributed by atoms with E-state index in [0.717, 1.165) is 31.0 Å². The summed E-state index contributed by atoms with van der Waals surface area (Å²) in [4.78, 5) is 10.7. The number of aryl methyl sites for hydroxylation is 1. The fourth-order valence-corrected chi connectivity index (χ4v) is 2.53. The highest BCUT2D eigenvalue weighted by molar-refractivity contribution is 7.90. The molecular weight excluding hydrogens is 238 g/mol. The minimum Gasteiger partial charge on any atom is -0.296 e. The molecule has 1 aromatic heterocycles. The fraction of sp³-hybridized carbons (Fsp3) is 0.636. The molecule has 0 amide bonds. The molecular formula is C11H17N3O2S. The Balaban J connectivity index is 2.03. The average Bonchev–Trinajstić information content (AvgIpc) is 2.24. The van der Waals surface area contributed by atoms with Crippen LogP contribution < -0.4 is 0 Å². The first-order chi connectivity index (χ1) is 7.94. The Hall–Kier alpha value is -1.01. The lowest BCUT2D eigenvalue weighted by Gasteiger charge is -2.27. The molecule has 1 aliphatic rings. The first-order valence-corrected chi connectivity index (χ1v) is 7.71. The SMILES string of the molecule is Cc1ncc2c(n1)CN(CCS(C)(=O)=O)CC2. The number of nitrogens with zero attached hydrogens (tertiary/aromatic N) is 3. The molecule has 0 unspecified atom stereocenters. The van der Waals surface area contributed by atoms with Crippen molar-refractivity contribution in [3.63, 3.8) is 0 Å². The average molecular weight is 255 g/mol. The van der Waals surface area contributed by atoms with Gasteiger partial charge in [-0.3, -0.25) is 4.90 Å². The van der Waals surface area contributed by atoms with E-state index in [1.54, 1.807) is 0 Å².